The number of unbranched alkanes of at least 4 members (excludes halogenated alkanes) is 1. The highest BCUT2D eigenvalue weighted by Gasteiger charge is 2.09. The smallest absolute Gasteiger partial charge is 0.0464 e. The Balaban J connectivity index is 2.74. The summed E-state index contributed by atoms with van der Waals surface area (Å²) in [6, 6.07) is 5.93. The molecule has 0 fully saturated rings. The van der Waals surface area contributed by atoms with Crippen molar-refractivity contribution in [2.24, 2.45) is 5.73 Å². The molecule has 1 aromatic carbocycles. The van der Waals surface area contributed by atoms with Crippen molar-refractivity contribution in [1.29, 1.82) is 0 Å². The highest BCUT2D eigenvalue weighted by Crippen LogP contribution is 2.27. The summed E-state index contributed by atoms with van der Waals surface area (Å²) in [7, 11) is 0. The van der Waals surface area contributed by atoms with Crippen molar-refractivity contribution in [3.05, 3.63) is 33.3 Å². The van der Waals surface area contributed by atoms with Gasteiger partial charge in [0.15, 0.2) is 0 Å². The molecule has 0 bridgehead atoms. The van der Waals surface area contributed by atoms with Gasteiger partial charge in [0.05, 0.1) is 0 Å². The number of nitrogens with two attached hydrogens (primary N) is 1. The van der Waals surface area contributed by atoms with Gasteiger partial charge in [-0.3, -0.25) is 0 Å². The lowest BCUT2D eigenvalue weighted by Crippen LogP contribution is -2.10. The molecule has 0 heterocycles. The van der Waals surface area contributed by atoms with E-state index in [1.54, 1.807) is 0 Å². The maximum atomic E-state index is 6.09. The van der Waals surface area contributed by atoms with Crippen molar-refractivity contribution in [2.45, 2.75) is 32.2 Å². The minimum Gasteiger partial charge on any atom is -0.324 e. The fraction of sp³-hybridized carbons (Fsp3) is 0.455. The molecule has 1 rings (SSSR count). The van der Waals surface area contributed by atoms with Gasteiger partial charge in [-0.15, -0.1) is 0 Å². The Morgan fingerprint density at radius 3 is 2.79 bits per heavy atom. The number of rotatable bonds is 4. The Bertz CT molecular complexity index is 301. The molecule has 0 amide bonds. The van der Waals surface area contributed by atoms with E-state index in [-0.39, 0.29) is 6.04 Å². The van der Waals surface area contributed by atoms with Crippen LogP contribution in [0, 0.1) is 0 Å². The predicted octanol–water partition coefficient (Wildman–Crippen LogP) is 4.29. The summed E-state index contributed by atoms with van der Waals surface area (Å²) in [5.74, 6) is 0. The zero-order valence-electron chi connectivity index (χ0n) is 8.26. The molecule has 0 radical (unpaired) electrons. The topological polar surface area (TPSA) is 26.0 Å². The van der Waals surface area contributed by atoms with E-state index in [1.165, 1.54) is 6.42 Å². The summed E-state index contributed by atoms with van der Waals surface area (Å²) in [6.45, 7) is 2.16. The van der Waals surface area contributed by atoms with Crippen LogP contribution in [0.2, 0.25) is 5.02 Å². The van der Waals surface area contributed by atoms with E-state index in [4.69, 9.17) is 17.3 Å². The number of hydrogen-bond acceptors (Lipinski definition) is 1. The van der Waals surface area contributed by atoms with E-state index >= 15 is 0 Å². The predicted molar refractivity (Wildman–Crippen MR) is 65.6 cm³/mol. The molecule has 0 saturated heterocycles. The molecule has 78 valence electrons. The maximum absolute atomic E-state index is 6.09. The molecule has 0 aliphatic carbocycles. The summed E-state index contributed by atoms with van der Waals surface area (Å²) in [4.78, 5) is 0. The molecule has 0 aliphatic heterocycles. The Labute approximate surface area is 98.8 Å². The van der Waals surface area contributed by atoms with Gasteiger partial charge >= 0.3 is 0 Å². The van der Waals surface area contributed by atoms with Crippen molar-refractivity contribution in [2.75, 3.05) is 0 Å². The molecule has 2 N–H and O–H groups in total. The summed E-state index contributed by atoms with van der Waals surface area (Å²) >= 11 is 9.47. The molecule has 1 aromatic rings. The van der Waals surface area contributed by atoms with Crippen LogP contribution in [-0.2, 0) is 0 Å². The van der Waals surface area contributed by atoms with Crippen LogP contribution in [0.15, 0.2) is 22.7 Å². The monoisotopic (exact) mass is 275 g/mol. The summed E-state index contributed by atoms with van der Waals surface area (Å²) in [5.41, 5.74) is 7.08. The Morgan fingerprint density at radius 2 is 2.21 bits per heavy atom. The number of halogens is 2. The summed E-state index contributed by atoms with van der Waals surface area (Å²) in [6.07, 6.45) is 3.31. The maximum Gasteiger partial charge on any atom is 0.0464 e. The lowest BCUT2D eigenvalue weighted by Gasteiger charge is -2.13. The van der Waals surface area contributed by atoms with Gasteiger partial charge in [0, 0.05) is 15.5 Å². The molecule has 14 heavy (non-hydrogen) atoms. The molecule has 1 nitrogen and oxygen atoms in total. The zero-order valence-corrected chi connectivity index (χ0v) is 10.6. The van der Waals surface area contributed by atoms with Crippen molar-refractivity contribution >= 4 is 27.5 Å². The van der Waals surface area contributed by atoms with E-state index in [1.807, 2.05) is 18.2 Å². The van der Waals surface area contributed by atoms with Gasteiger partial charge in [-0.2, -0.15) is 0 Å². The quantitative estimate of drug-likeness (QED) is 0.872. The van der Waals surface area contributed by atoms with Crippen LogP contribution in [-0.4, -0.2) is 0 Å². The van der Waals surface area contributed by atoms with Crippen LogP contribution in [0.3, 0.4) is 0 Å². The summed E-state index contributed by atoms with van der Waals surface area (Å²) < 4.78 is 0.994. The Kier molecular flexibility index (Phi) is 4.93. The third-order valence-electron chi connectivity index (χ3n) is 2.23. The Morgan fingerprint density at radius 1 is 1.50 bits per heavy atom. The molecular formula is C11H15BrClN. The second-order valence-electron chi connectivity index (χ2n) is 3.41. The first kappa shape index (κ1) is 12.0. The van der Waals surface area contributed by atoms with E-state index in [0.717, 1.165) is 27.9 Å². The average Bonchev–Trinajstić information content (AvgIpc) is 2.14. The minimum absolute atomic E-state index is 0.0653. The van der Waals surface area contributed by atoms with Crippen molar-refractivity contribution in [1.82, 2.24) is 0 Å². The summed E-state index contributed by atoms with van der Waals surface area (Å²) in [5, 5.41) is 0.753. The second kappa shape index (κ2) is 5.74. The highest BCUT2D eigenvalue weighted by molar-refractivity contribution is 9.10. The standard InChI is InChI=1S/C11H15BrClN/c1-2-3-4-11(14)9-6-5-8(12)7-10(9)13/h5-7,11H,2-4,14H2,1H3. The first-order valence-electron chi connectivity index (χ1n) is 4.85. The van der Waals surface area contributed by atoms with Crippen LogP contribution >= 0.6 is 27.5 Å². The van der Waals surface area contributed by atoms with Crippen LogP contribution < -0.4 is 5.73 Å². The molecule has 0 aliphatic rings. The van der Waals surface area contributed by atoms with Gasteiger partial charge in [-0.1, -0.05) is 53.4 Å². The fourth-order valence-electron chi connectivity index (χ4n) is 1.38. The molecule has 1 unspecified atom stereocenters. The zero-order chi connectivity index (χ0) is 10.6. The van der Waals surface area contributed by atoms with Crippen molar-refractivity contribution in [3.63, 3.8) is 0 Å². The fourth-order valence-corrected chi connectivity index (χ4v) is 2.20. The molecular weight excluding hydrogens is 261 g/mol. The first-order valence-corrected chi connectivity index (χ1v) is 6.02. The third-order valence-corrected chi connectivity index (χ3v) is 3.05. The average molecular weight is 277 g/mol. The van der Waals surface area contributed by atoms with Crippen LogP contribution in [0.4, 0.5) is 0 Å². The lowest BCUT2D eigenvalue weighted by atomic mass is 10.0. The second-order valence-corrected chi connectivity index (χ2v) is 4.74. The molecule has 0 aromatic heterocycles. The normalized spacial score (nSPS) is 12.9. The van der Waals surface area contributed by atoms with Gasteiger partial charge < -0.3 is 5.73 Å². The van der Waals surface area contributed by atoms with E-state index in [0.29, 0.717) is 0 Å². The molecule has 0 spiro atoms. The van der Waals surface area contributed by atoms with Gasteiger partial charge in [-0.25, -0.2) is 0 Å². The molecule has 1 atom stereocenters. The van der Waals surface area contributed by atoms with E-state index < -0.39 is 0 Å². The third kappa shape index (κ3) is 3.26. The van der Waals surface area contributed by atoms with Gasteiger partial charge in [0.1, 0.15) is 0 Å². The lowest BCUT2D eigenvalue weighted by molar-refractivity contribution is 0.603. The van der Waals surface area contributed by atoms with Crippen LogP contribution in [0.25, 0.3) is 0 Å². The Hall–Kier alpha value is -0.0500. The van der Waals surface area contributed by atoms with E-state index in [9.17, 15) is 0 Å². The van der Waals surface area contributed by atoms with Crippen molar-refractivity contribution in [3.8, 4) is 0 Å². The minimum atomic E-state index is 0.0653. The van der Waals surface area contributed by atoms with Crippen LogP contribution in [0.1, 0.15) is 37.8 Å². The molecule has 0 saturated carbocycles. The number of benzene rings is 1. The van der Waals surface area contributed by atoms with Gasteiger partial charge in [0.25, 0.3) is 0 Å². The van der Waals surface area contributed by atoms with Gasteiger partial charge in [0.2, 0.25) is 0 Å². The van der Waals surface area contributed by atoms with Gasteiger partial charge in [-0.05, 0) is 24.1 Å². The molecule has 3 heteroatoms. The van der Waals surface area contributed by atoms with E-state index in [2.05, 4.69) is 22.9 Å². The first-order chi connectivity index (χ1) is 6.65. The largest absolute Gasteiger partial charge is 0.324 e. The van der Waals surface area contributed by atoms with Crippen LogP contribution in [0.5, 0.6) is 0 Å². The highest BCUT2D eigenvalue weighted by atomic mass is 79.9. The van der Waals surface area contributed by atoms with Crippen molar-refractivity contribution < 1.29 is 0 Å². The number of hydrogen-bond donors (Lipinski definition) is 1. The SMILES string of the molecule is CCCCC(N)c1ccc(Br)cc1Cl.